The van der Waals surface area contributed by atoms with Crippen molar-refractivity contribution in [2.24, 2.45) is 11.8 Å². The van der Waals surface area contributed by atoms with E-state index in [1.54, 1.807) is 19.0 Å². The highest BCUT2D eigenvalue weighted by atomic mass is 16.5. The lowest BCUT2D eigenvalue weighted by molar-refractivity contribution is 0.101. The van der Waals surface area contributed by atoms with Crippen LogP contribution in [0.1, 0.15) is 43.4 Å². The van der Waals surface area contributed by atoms with Gasteiger partial charge in [0.05, 0.1) is 32.4 Å². The minimum absolute atomic E-state index is 0.136. The first-order valence-electron chi connectivity index (χ1n) is 13.7. The standard InChI is InChI=1S/C29H37N7O3/c1-4-36-32-29(31-33-36)35-19-22-14-23(20-35)18-34(17-22)13-5-6-26(24-9-7-21(16-30)8-10-24)39-25-11-12-27(37-2)28(15-25)38-3/h7-12,15,22-23,26H,4-6,13-14,17-20H2,1-3H3. The van der Waals surface area contributed by atoms with Gasteiger partial charge in [-0.25, -0.2) is 0 Å². The van der Waals surface area contributed by atoms with Crippen molar-refractivity contribution in [2.75, 3.05) is 51.8 Å². The molecule has 3 unspecified atom stereocenters. The fourth-order valence-electron chi connectivity index (χ4n) is 5.85. The third-order valence-corrected chi connectivity index (χ3v) is 7.65. The number of ether oxygens (including phenoxy) is 3. The maximum atomic E-state index is 9.23. The zero-order valence-corrected chi connectivity index (χ0v) is 23.0. The monoisotopic (exact) mass is 531 g/mol. The van der Waals surface area contributed by atoms with Crippen LogP contribution in [0.5, 0.6) is 17.2 Å². The SMILES string of the molecule is CCn1nnc(N2CC3CC(CN(CCCC(Oc4ccc(OC)c(OC)c4)c4ccc(C#N)cc4)C3)C2)n1. The molecule has 2 bridgehead atoms. The van der Waals surface area contributed by atoms with Gasteiger partial charge in [0, 0.05) is 32.2 Å². The summed E-state index contributed by atoms with van der Waals surface area (Å²) in [7, 11) is 3.25. The maximum Gasteiger partial charge on any atom is 0.266 e. The molecule has 10 heteroatoms. The Morgan fingerprint density at radius 3 is 2.38 bits per heavy atom. The molecule has 3 heterocycles. The van der Waals surface area contributed by atoms with Crippen LogP contribution in [0.4, 0.5) is 5.95 Å². The van der Waals surface area contributed by atoms with E-state index in [2.05, 4.69) is 31.3 Å². The Morgan fingerprint density at radius 2 is 1.74 bits per heavy atom. The zero-order chi connectivity index (χ0) is 27.2. The number of methoxy groups -OCH3 is 2. The number of nitrogens with zero attached hydrogens (tertiary/aromatic N) is 7. The van der Waals surface area contributed by atoms with Crippen LogP contribution in [0, 0.1) is 23.2 Å². The van der Waals surface area contributed by atoms with E-state index in [0.717, 1.165) is 69.4 Å². The Hall–Kier alpha value is -3.84. The molecule has 206 valence electrons. The molecule has 0 N–H and O–H groups in total. The van der Waals surface area contributed by atoms with Gasteiger partial charge in [0.25, 0.3) is 5.95 Å². The number of hydrogen-bond acceptors (Lipinski definition) is 9. The third kappa shape index (κ3) is 6.42. The fraction of sp³-hybridized carbons (Fsp3) is 0.517. The van der Waals surface area contributed by atoms with E-state index in [1.807, 2.05) is 49.4 Å². The largest absolute Gasteiger partial charge is 0.493 e. The molecule has 0 aliphatic carbocycles. The third-order valence-electron chi connectivity index (χ3n) is 7.65. The van der Waals surface area contributed by atoms with Crippen molar-refractivity contribution >= 4 is 5.95 Å². The molecule has 1 aromatic heterocycles. The topological polar surface area (TPSA) is 102 Å². The first-order chi connectivity index (χ1) is 19.1. The maximum absolute atomic E-state index is 9.23. The number of aryl methyl sites for hydroxylation is 1. The summed E-state index contributed by atoms with van der Waals surface area (Å²) in [6.45, 7) is 7.94. The highest BCUT2D eigenvalue weighted by Crippen LogP contribution is 2.35. The van der Waals surface area contributed by atoms with Crippen LogP contribution in [0.3, 0.4) is 0 Å². The molecular formula is C29H37N7O3. The molecule has 3 aromatic rings. The van der Waals surface area contributed by atoms with Crippen LogP contribution in [0.2, 0.25) is 0 Å². The Morgan fingerprint density at radius 1 is 1.00 bits per heavy atom. The minimum atomic E-state index is -0.136. The molecule has 3 atom stereocenters. The second-order valence-electron chi connectivity index (χ2n) is 10.4. The van der Waals surface area contributed by atoms with Crippen LogP contribution < -0.4 is 19.1 Å². The Kier molecular flexibility index (Phi) is 8.47. The number of benzene rings is 2. The van der Waals surface area contributed by atoms with Gasteiger partial charge in [-0.1, -0.05) is 17.2 Å². The molecule has 2 saturated heterocycles. The summed E-state index contributed by atoms with van der Waals surface area (Å²) in [6.07, 6.45) is 3.00. The molecule has 10 nitrogen and oxygen atoms in total. The molecular weight excluding hydrogens is 494 g/mol. The number of anilines is 1. The molecule has 2 aliphatic rings. The summed E-state index contributed by atoms with van der Waals surface area (Å²) in [6, 6.07) is 15.5. The number of rotatable bonds is 11. The van der Waals surface area contributed by atoms with Gasteiger partial charge in [0.1, 0.15) is 11.9 Å². The van der Waals surface area contributed by atoms with Crippen LogP contribution in [-0.4, -0.2) is 72.1 Å². The smallest absolute Gasteiger partial charge is 0.266 e. The lowest BCUT2D eigenvalue weighted by atomic mass is 9.84. The minimum Gasteiger partial charge on any atom is -0.493 e. The number of tetrazole rings is 1. The predicted octanol–water partition coefficient (Wildman–Crippen LogP) is 3.94. The molecule has 2 fully saturated rings. The average Bonchev–Trinajstić information content (AvgIpc) is 3.46. The quantitative estimate of drug-likeness (QED) is 0.364. The summed E-state index contributed by atoms with van der Waals surface area (Å²) in [4.78, 5) is 6.58. The van der Waals surface area contributed by atoms with Gasteiger partial charge in [-0.3, -0.25) is 0 Å². The molecule has 2 aliphatic heterocycles. The number of hydrogen-bond donors (Lipinski definition) is 0. The molecule has 0 saturated carbocycles. The van der Waals surface area contributed by atoms with E-state index in [-0.39, 0.29) is 6.10 Å². The zero-order valence-electron chi connectivity index (χ0n) is 23.0. The summed E-state index contributed by atoms with van der Waals surface area (Å²) in [5.74, 6) is 4.02. The van der Waals surface area contributed by atoms with E-state index in [1.165, 1.54) is 6.42 Å². The van der Waals surface area contributed by atoms with E-state index >= 15 is 0 Å². The first-order valence-corrected chi connectivity index (χ1v) is 13.7. The lowest BCUT2D eigenvalue weighted by Gasteiger charge is -2.45. The summed E-state index contributed by atoms with van der Waals surface area (Å²) >= 11 is 0. The summed E-state index contributed by atoms with van der Waals surface area (Å²) in [5.41, 5.74) is 1.70. The lowest BCUT2D eigenvalue weighted by Crippen LogP contribution is -2.53. The van der Waals surface area contributed by atoms with Crippen molar-refractivity contribution in [3.8, 4) is 23.3 Å². The van der Waals surface area contributed by atoms with Gasteiger partial charge >= 0.3 is 0 Å². The van der Waals surface area contributed by atoms with Crippen molar-refractivity contribution in [2.45, 2.75) is 38.8 Å². The number of nitriles is 1. The molecule has 0 radical (unpaired) electrons. The predicted molar refractivity (Wildman–Crippen MR) is 147 cm³/mol. The molecule has 39 heavy (non-hydrogen) atoms. The van der Waals surface area contributed by atoms with E-state index < -0.39 is 0 Å². The van der Waals surface area contributed by atoms with Crippen molar-refractivity contribution in [1.82, 2.24) is 25.1 Å². The van der Waals surface area contributed by atoms with Crippen molar-refractivity contribution in [1.29, 1.82) is 5.26 Å². The fourth-order valence-corrected chi connectivity index (χ4v) is 5.85. The first kappa shape index (κ1) is 26.8. The number of piperidine rings is 2. The Labute approximate surface area is 230 Å². The van der Waals surface area contributed by atoms with E-state index in [0.29, 0.717) is 28.9 Å². The Balaban J connectivity index is 1.20. The number of likely N-dealkylation sites (tertiary alicyclic amines) is 1. The van der Waals surface area contributed by atoms with Crippen molar-refractivity contribution < 1.29 is 14.2 Å². The van der Waals surface area contributed by atoms with Gasteiger partial charge in [0.15, 0.2) is 11.5 Å². The van der Waals surface area contributed by atoms with Gasteiger partial charge in [-0.05, 0) is 79.6 Å². The van der Waals surface area contributed by atoms with Gasteiger partial charge < -0.3 is 24.0 Å². The molecule has 0 spiro atoms. The van der Waals surface area contributed by atoms with Gasteiger partial charge in [-0.2, -0.15) is 10.1 Å². The van der Waals surface area contributed by atoms with Crippen molar-refractivity contribution in [3.05, 3.63) is 53.6 Å². The highest BCUT2D eigenvalue weighted by molar-refractivity contribution is 5.45. The van der Waals surface area contributed by atoms with Crippen LogP contribution in [-0.2, 0) is 6.54 Å². The molecule has 2 aromatic carbocycles. The Bertz CT molecular complexity index is 1260. The summed E-state index contributed by atoms with van der Waals surface area (Å²) < 4.78 is 17.3. The molecule has 0 amide bonds. The van der Waals surface area contributed by atoms with Gasteiger partial charge in [-0.15, -0.1) is 5.10 Å². The van der Waals surface area contributed by atoms with Crippen LogP contribution in [0.25, 0.3) is 0 Å². The summed E-state index contributed by atoms with van der Waals surface area (Å²) in [5, 5.41) is 22.2. The average molecular weight is 532 g/mol. The van der Waals surface area contributed by atoms with Crippen LogP contribution >= 0.6 is 0 Å². The van der Waals surface area contributed by atoms with Gasteiger partial charge in [0.2, 0.25) is 0 Å². The second-order valence-corrected chi connectivity index (χ2v) is 10.4. The van der Waals surface area contributed by atoms with E-state index in [9.17, 15) is 5.26 Å². The normalized spacial score (nSPS) is 19.8. The molecule has 5 rings (SSSR count). The number of aromatic nitrogens is 4. The number of fused-ring (bicyclic) bond motifs is 2. The van der Waals surface area contributed by atoms with Crippen LogP contribution in [0.15, 0.2) is 42.5 Å². The van der Waals surface area contributed by atoms with Crippen molar-refractivity contribution in [3.63, 3.8) is 0 Å². The van der Waals surface area contributed by atoms with E-state index in [4.69, 9.17) is 14.2 Å². The highest BCUT2D eigenvalue weighted by Gasteiger charge is 2.35. The second kappa shape index (κ2) is 12.3.